The van der Waals surface area contributed by atoms with Crippen LogP contribution in [0.2, 0.25) is 0 Å². The molecule has 1 saturated carbocycles. The van der Waals surface area contributed by atoms with Gasteiger partial charge in [-0.05, 0) is 67.1 Å². The van der Waals surface area contributed by atoms with Crippen LogP contribution < -0.4 is 5.32 Å². The van der Waals surface area contributed by atoms with Crippen molar-refractivity contribution in [2.75, 3.05) is 0 Å². The van der Waals surface area contributed by atoms with Crippen molar-refractivity contribution in [3.63, 3.8) is 0 Å². The van der Waals surface area contributed by atoms with Crippen LogP contribution in [-0.4, -0.2) is 32.6 Å². The van der Waals surface area contributed by atoms with E-state index in [4.69, 9.17) is 0 Å². The molecule has 30 heavy (non-hydrogen) atoms. The molecule has 0 saturated heterocycles. The molecule has 1 N–H and O–H groups in total. The van der Waals surface area contributed by atoms with Gasteiger partial charge >= 0.3 is 0 Å². The fourth-order valence-electron chi connectivity index (χ4n) is 3.79. The van der Waals surface area contributed by atoms with Crippen molar-refractivity contribution in [3.8, 4) is 5.69 Å². The Balaban J connectivity index is 1.48. The number of amides is 1. The highest BCUT2D eigenvalue weighted by molar-refractivity contribution is 5.92. The van der Waals surface area contributed by atoms with Crippen molar-refractivity contribution in [1.82, 2.24) is 20.1 Å². The first-order valence-corrected chi connectivity index (χ1v) is 10.2. The van der Waals surface area contributed by atoms with Crippen molar-refractivity contribution in [1.29, 1.82) is 0 Å². The molecular weight excluding hydrogens is 386 g/mol. The van der Waals surface area contributed by atoms with E-state index in [9.17, 15) is 13.6 Å². The molecule has 1 aliphatic carbocycles. The van der Waals surface area contributed by atoms with Gasteiger partial charge in [-0.1, -0.05) is 18.6 Å². The molecule has 0 spiro atoms. The summed E-state index contributed by atoms with van der Waals surface area (Å²) in [6.45, 7) is 1.93. The van der Waals surface area contributed by atoms with Crippen molar-refractivity contribution >= 4 is 5.91 Å². The van der Waals surface area contributed by atoms with Crippen LogP contribution in [0.5, 0.6) is 0 Å². The van der Waals surface area contributed by atoms with E-state index in [1.807, 2.05) is 43.5 Å². The number of hydrogen-bond acceptors (Lipinski definition) is 3. The SMILES string of the molecule is Cc1cnc(C(=O)NC2CCCCC2(F)F)cc1Cc1ccc(-n2cccn2)cc1. The normalized spacial score (nSPS) is 18.2. The molecule has 5 nitrogen and oxygen atoms in total. The summed E-state index contributed by atoms with van der Waals surface area (Å²) in [6, 6.07) is 10.4. The second kappa shape index (κ2) is 8.34. The van der Waals surface area contributed by atoms with Crippen LogP contribution in [0.25, 0.3) is 5.69 Å². The Morgan fingerprint density at radius 1 is 1.27 bits per heavy atom. The largest absolute Gasteiger partial charge is 0.342 e. The topological polar surface area (TPSA) is 59.8 Å². The second-order valence-electron chi connectivity index (χ2n) is 7.82. The zero-order valence-corrected chi connectivity index (χ0v) is 16.8. The van der Waals surface area contributed by atoms with Gasteiger partial charge in [0.05, 0.1) is 11.7 Å². The first kappa shape index (κ1) is 20.2. The average molecular weight is 410 g/mol. The van der Waals surface area contributed by atoms with Gasteiger partial charge in [0.15, 0.2) is 0 Å². The summed E-state index contributed by atoms with van der Waals surface area (Å²) < 4.78 is 29.9. The molecule has 1 atom stereocenters. The molecule has 1 amide bonds. The maximum atomic E-state index is 14.1. The summed E-state index contributed by atoms with van der Waals surface area (Å²) in [4.78, 5) is 16.7. The van der Waals surface area contributed by atoms with Crippen LogP contribution >= 0.6 is 0 Å². The first-order valence-electron chi connectivity index (χ1n) is 10.2. The van der Waals surface area contributed by atoms with Crippen molar-refractivity contribution in [3.05, 3.63) is 77.4 Å². The highest BCUT2D eigenvalue weighted by Gasteiger charge is 2.42. The molecule has 1 unspecified atom stereocenters. The van der Waals surface area contributed by atoms with Crippen LogP contribution in [0.1, 0.15) is 52.9 Å². The van der Waals surface area contributed by atoms with E-state index in [1.54, 1.807) is 23.1 Å². The number of hydrogen-bond donors (Lipinski definition) is 1. The van der Waals surface area contributed by atoms with Gasteiger partial charge in [0.25, 0.3) is 11.8 Å². The van der Waals surface area contributed by atoms with E-state index in [0.29, 0.717) is 25.7 Å². The van der Waals surface area contributed by atoms with E-state index in [-0.39, 0.29) is 12.1 Å². The third kappa shape index (κ3) is 4.40. The molecule has 7 heteroatoms. The third-order valence-corrected chi connectivity index (χ3v) is 5.62. The molecule has 1 fully saturated rings. The van der Waals surface area contributed by atoms with Gasteiger partial charge in [-0.25, -0.2) is 13.5 Å². The number of nitrogens with one attached hydrogen (secondary N) is 1. The van der Waals surface area contributed by atoms with E-state index in [2.05, 4.69) is 15.4 Å². The number of carbonyl (C=O) groups excluding carboxylic acids is 1. The smallest absolute Gasteiger partial charge is 0.270 e. The van der Waals surface area contributed by atoms with Crippen LogP contribution in [0.4, 0.5) is 8.78 Å². The molecule has 156 valence electrons. The van der Waals surface area contributed by atoms with E-state index in [1.165, 1.54) is 0 Å². The van der Waals surface area contributed by atoms with Gasteiger partial charge in [-0.15, -0.1) is 0 Å². The van der Waals surface area contributed by atoms with E-state index in [0.717, 1.165) is 22.4 Å². The van der Waals surface area contributed by atoms with Crippen molar-refractivity contribution in [2.45, 2.75) is 51.0 Å². The minimum Gasteiger partial charge on any atom is -0.342 e. The number of benzene rings is 1. The Morgan fingerprint density at radius 3 is 2.77 bits per heavy atom. The zero-order chi connectivity index (χ0) is 21.1. The van der Waals surface area contributed by atoms with Crippen LogP contribution in [-0.2, 0) is 6.42 Å². The van der Waals surface area contributed by atoms with Crippen LogP contribution in [0.15, 0.2) is 55.0 Å². The summed E-state index contributed by atoms with van der Waals surface area (Å²) in [5, 5.41) is 6.71. The molecule has 1 aliphatic rings. The molecule has 1 aromatic carbocycles. The minimum absolute atomic E-state index is 0.171. The lowest BCUT2D eigenvalue weighted by molar-refractivity contribution is -0.0609. The Kier molecular flexibility index (Phi) is 5.61. The lowest BCUT2D eigenvalue weighted by atomic mass is 9.91. The minimum atomic E-state index is -2.86. The Morgan fingerprint density at radius 2 is 2.07 bits per heavy atom. The molecule has 4 rings (SSSR count). The molecule has 3 aromatic rings. The molecule has 0 bridgehead atoms. The highest BCUT2D eigenvalue weighted by atomic mass is 19.3. The first-order chi connectivity index (χ1) is 14.4. The number of alkyl halides is 2. The third-order valence-electron chi connectivity index (χ3n) is 5.62. The summed E-state index contributed by atoms with van der Waals surface area (Å²) in [7, 11) is 0. The summed E-state index contributed by atoms with van der Waals surface area (Å²) in [5.74, 6) is -3.41. The maximum absolute atomic E-state index is 14.1. The van der Waals surface area contributed by atoms with Crippen LogP contribution in [0, 0.1) is 6.92 Å². The summed E-state index contributed by atoms with van der Waals surface area (Å²) >= 11 is 0. The fourth-order valence-corrected chi connectivity index (χ4v) is 3.79. The number of nitrogens with zero attached hydrogens (tertiary/aromatic N) is 3. The molecule has 0 radical (unpaired) electrons. The molecule has 0 aliphatic heterocycles. The Bertz CT molecular complexity index is 1020. The van der Waals surface area contributed by atoms with Gasteiger partial charge in [0, 0.05) is 25.0 Å². The predicted molar refractivity (Wildman–Crippen MR) is 110 cm³/mol. The average Bonchev–Trinajstić information content (AvgIpc) is 3.26. The van der Waals surface area contributed by atoms with E-state index >= 15 is 0 Å². The number of aromatic nitrogens is 3. The zero-order valence-electron chi connectivity index (χ0n) is 16.8. The monoisotopic (exact) mass is 410 g/mol. The maximum Gasteiger partial charge on any atom is 0.270 e. The molecular formula is C23H24F2N4O. The standard InChI is InChI=1S/C23H24F2N4O/c1-16-15-26-20(22(30)28-21-5-2-3-10-23(21,24)25)14-18(16)13-17-6-8-19(9-7-17)29-12-4-11-27-29/h4,6-9,11-12,14-15,21H,2-3,5,10,13H2,1H3,(H,28,30). The van der Waals surface area contributed by atoms with Gasteiger partial charge in [-0.2, -0.15) is 5.10 Å². The molecule has 2 heterocycles. The number of rotatable bonds is 5. The van der Waals surface area contributed by atoms with Crippen molar-refractivity contribution < 1.29 is 13.6 Å². The van der Waals surface area contributed by atoms with Gasteiger partial charge in [0.1, 0.15) is 5.69 Å². The number of aryl methyl sites for hydroxylation is 1. The van der Waals surface area contributed by atoms with E-state index < -0.39 is 17.9 Å². The Hall–Kier alpha value is -3.09. The van der Waals surface area contributed by atoms with Crippen LogP contribution in [0.3, 0.4) is 0 Å². The number of carbonyl (C=O) groups is 1. The quantitative estimate of drug-likeness (QED) is 0.675. The van der Waals surface area contributed by atoms with Gasteiger partial charge < -0.3 is 5.32 Å². The lowest BCUT2D eigenvalue weighted by Gasteiger charge is -2.31. The second-order valence-corrected chi connectivity index (χ2v) is 7.82. The number of halogens is 2. The van der Waals surface area contributed by atoms with Gasteiger partial charge in [-0.3, -0.25) is 9.78 Å². The predicted octanol–water partition coefficient (Wildman–Crippen LogP) is 4.47. The highest BCUT2D eigenvalue weighted by Crippen LogP contribution is 2.33. The fraction of sp³-hybridized carbons (Fsp3) is 0.348. The summed E-state index contributed by atoms with van der Waals surface area (Å²) in [5.41, 5.74) is 4.10. The van der Waals surface area contributed by atoms with Gasteiger partial charge in [0.2, 0.25) is 0 Å². The van der Waals surface area contributed by atoms with Crippen molar-refractivity contribution in [2.24, 2.45) is 0 Å². The summed E-state index contributed by atoms with van der Waals surface area (Å²) in [6.07, 6.45) is 7.15. The Labute approximate surface area is 174 Å². The molecule has 2 aromatic heterocycles. The number of pyridine rings is 1. The lowest BCUT2D eigenvalue weighted by Crippen LogP contribution is -2.49.